The van der Waals surface area contributed by atoms with E-state index in [-0.39, 0.29) is 18.5 Å². The SMILES string of the molecule is CCCCCCCCC/C=C\CCCCCCCCCC(=O)OCCCCCCCCCCCCCC/C=C\CCCCCCCCCCC(=O)NC(CO)C(O)/C=C/CCCCCCCCCCCCCCCCCCC. The van der Waals surface area contributed by atoms with Gasteiger partial charge in [0.25, 0.3) is 0 Å². The Bertz CT molecular complexity index is 1260. The van der Waals surface area contributed by atoms with Crippen molar-refractivity contribution < 1.29 is 24.5 Å². The van der Waals surface area contributed by atoms with E-state index in [1.54, 1.807) is 6.08 Å². The molecule has 0 fully saturated rings. The zero-order chi connectivity index (χ0) is 56.4. The van der Waals surface area contributed by atoms with Gasteiger partial charge in [0, 0.05) is 12.8 Å². The Morgan fingerprint density at radius 3 is 0.910 bits per heavy atom. The predicted octanol–water partition coefficient (Wildman–Crippen LogP) is 22.7. The van der Waals surface area contributed by atoms with E-state index in [1.165, 1.54) is 315 Å². The summed E-state index contributed by atoms with van der Waals surface area (Å²) in [6, 6.07) is -0.632. The van der Waals surface area contributed by atoms with Gasteiger partial charge in [-0.25, -0.2) is 0 Å². The first-order valence-corrected chi connectivity index (χ1v) is 35.3. The molecule has 0 bridgehead atoms. The predicted molar refractivity (Wildman–Crippen MR) is 343 cm³/mol. The van der Waals surface area contributed by atoms with Crippen molar-refractivity contribution in [2.24, 2.45) is 0 Å². The summed E-state index contributed by atoms with van der Waals surface area (Å²) in [5, 5.41) is 23.2. The number of unbranched alkanes of at least 4 members (excludes halogenated alkanes) is 51. The molecule has 2 unspecified atom stereocenters. The molecule has 0 aromatic carbocycles. The minimum Gasteiger partial charge on any atom is -0.466 e. The lowest BCUT2D eigenvalue weighted by Gasteiger charge is -2.20. The van der Waals surface area contributed by atoms with E-state index in [0.717, 1.165) is 44.9 Å². The monoisotopic (exact) mass is 1100 g/mol. The first-order valence-electron chi connectivity index (χ1n) is 35.3. The third-order valence-corrected chi connectivity index (χ3v) is 16.4. The van der Waals surface area contributed by atoms with E-state index in [4.69, 9.17) is 4.74 Å². The van der Waals surface area contributed by atoms with Crippen LogP contribution in [0.3, 0.4) is 0 Å². The number of nitrogens with one attached hydrogen (secondary N) is 1. The summed E-state index contributed by atoms with van der Waals surface area (Å²) in [6.07, 6.45) is 86.4. The fraction of sp³-hybridized carbons (Fsp3) is 0.889. The van der Waals surface area contributed by atoms with Gasteiger partial charge in [0.15, 0.2) is 0 Å². The molecule has 2 atom stereocenters. The van der Waals surface area contributed by atoms with Crippen molar-refractivity contribution >= 4 is 11.9 Å². The fourth-order valence-electron chi connectivity index (χ4n) is 11.0. The van der Waals surface area contributed by atoms with Crippen LogP contribution in [0.1, 0.15) is 386 Å². The van der Waals surface area contributed by atoms with E-state index in [2.05, 4.69) is 43.5 Å². The van der Waals surface area contributed by atoms with E-state index < -0.39 is 12.1 Å². The lowest BCUT2D eigenvalue weighted by Crippen LogP contribution is -2.45. The van der Waals surface area contributed by atoms with Gasteiger partial charge in [-0.3, -0.25) is 9.59 Å². The second kappa shape index (κ2) is 67.6. The Morgan fingerprint density at radius 2 is 0.603 bits per heavy atom. The van der Waals surface area contributed by atoms with Gasteiger partial charge in [-0.1, -0.05) is 326 Å². The van der Waals surface area contributed by atoms with Gasteiger partial charge in [0.2, 0.25) is 5.91 Å². The maximum Gasteiger partial charge on any atom is 0.305 e. The summed E-state index contributed by atoms with van der Waals surface area (Å²) >= 11 is 0. The zero-order valence-electron chi connectivity index (χ0n) is 52.7. The second-order valence-electron chi connectivity index (χ2n) is 24.2. The molecule has 0 aliphatic heterocycles. The second-order valence-corrected chi connectivity index (χ2v) is 24.2. The van der Waals surface area contributed by atoms with E-state index >= 15 is 0 Å². The first-order chi connectivity index (χ1) is 38.5. The minimum atomic E-state index is -0.848. The first kappa shape index (κ1) is 76.1. The van der Waals surface area contributed by atoms with Crippen LogP contribution in [-0.4, -0.2) is 47.4 Å². The Hall–Kier alpha value is -1.92. The van der Waals surface area contributed by atoms with Crippen LogP contribution in [0.15, 0.2) is 36.5 Å². The molecule has 460 valence electrons. The van der Waals surface area contributed by atoms with Gasteiger partial charge in [-0.05, 0) is 83.5 Å². The molecule has 0 aliphatic carbocycles. The average molecular weight is 1100 g/mol. The number of esters is 1. The fourth-order valence-corrected chi connectivity index (χ4v) is 11.0. The minimum absolute atomic E-state index is 0.00967. The number of aliphatic hydroxyl groups excluding tert-OH is 2. The third kappa shape index (κ3) is 63.3. The summed E-state index contributed by atoms with van der Waals surface area (Å²) in [5.41, 5.74) is 0. The molecular weight excluding hydrogens is 959 g/mol. The zero-order valence-corrected chi connectivity index (χ0v) is 52.7. The standard InChI is InChI=1S/C72H137NO5/c1-3-5-7-9-11-13-15-17-19-21-29-32-36-40-44-48-52-56-60-64-70(75)69(68-74)73-71(76)65-61-57-53-49-45-41-37-33-30-27-25-23-24-26-28-31-35-39-43-47-51-55-59-63-67-78-72(77)66-62-58-54-50-46-42-38-34-22-20-18-16-14-12-10-8-6-4-2/h20,22,25,27,60,64,69-70,74-75H,3-19,21,23-24,26,28-59,61-63,65-68H2,1-2H3,(H,73,76)/b22-20-,27-25-,64-60+. The van der Waals surface area contributed by atoms with Gasteiger partial charge < -0.3 is 20.3 Å². The highest BCUT2D eigenvalue weighted by Crippen LogP contribution is 2.18. The molecule has 0 spiro atoms. The highest BCUT2D eigenvalue weighted by Gasteiger charge is 2.18. The van der Waals surface area contributed by atoms with E-state index in [0.29, 0.717) is 19.4 Å². The van der Waals surface area contributed by atoms with Gasteiger partial charge in [-0.2, -0.15) is 0 Å². The highest BCUT2D eigenvalue weighted by molar-refractivity contribution is 5.76. The normalized spacial score (nSPS) is 12.7. The maximum absolute atomic E-state index is 12.5. The van der Waals surface area contributed by atoms with Gasteiger partial charge in [0.1, 0.15) is 0 Å². The van der Waals surface area contributed by atoms with Crippen LogP contribution in [0.2, 0.25) is 0 Å². The molecule has 1 amide bonds. The molecule has 6 heteroatoms. The van der Waals surface area contributed by atoms with Crippen molar-refractivity contribution in [2.45, 2.75) is 398 Å². The Balaban J connectivity index is 3.42. The number of hydrogen-bond donors (Lipinski definition) is 3. The van der Waals surface area contributed by atoms with Gasteiger partial charge in [0.05, 0.1) is 25.4 Å². The van der Waals surface area contributed by atoms with Crippen LogP contribution in [0.4, 0.5) is 0 Å². The van der Waals surface area contributed by atoms with Crippen molar-refractivity contribution in [3.05, 3.63) is 36.5 Å². The van der Waals surface area contributed by atoms with Crippen LogP contribution in [0.5, 0.6) is 0 Å². The molecule has 3 N–H and O–H groups in total. The van der Waals surface area contributed by atoms with Crippen molar-refractivity contribution in [3.63, 3.8) is 0 Å². The number of carbonyl (C=O) groups is 2. The maximum atomic E-state index is 12.5. The highest BCUT2D eigenvalue weighted by atomic mass is 16.5. The molecule has 0 saturated carbocycles. The van der Waals surface area contributed by atoms with Crippen molar-refractivity contribution in [1.82, 2.24) is 5.32 Å². The van der Waals surface area contributed by atoms with Crippen molar-refractivity contribution in [2.75, 3.05) is 13.2 Å². The van der Waals surface area contributed by atoms with Crippen LogP contribution < -0.4 is 5.32 Å². The summed E-state index contributed by atoms with van der Waals surface area (Å²) in [7, 11) is 0. The van der Waals surface area contributed by atoms with E-state index in [9.17, 15) is 19.8 Å². The van der Waals surface area contributed by atoms with Gasteiger partial charge >= 0.3 is 5.97 Å². The van der Waals surface area contributed by atoms with E-state index in [1.807, 2.05) is 6.08 Å². The number of hydrogen-bond acceptors (Lipinski definition) is 5. The topological polar surface area (TPSA) is 95.9 Å². The number of rotatable bonds is 66. The lowest BCUT2D eigenvalue weighted by molar-refractivity contribution is -0.143. The summed E-state index contributed by atoms with van der Waals surface area (Å²) in [6.45, 7) is 4.93. The molecule has 0 aromatic heterocycles. The third-order valence-electron chi connectivity index (χ3n) is 16.4. The number of allylic oxidation sites excluding steroid dienone is 5. The molecule has 0 radical (unpaired) electrons. The summed E-state index contributed by atoms with van der Waals surface area (Å²) in [5.74, 6) is -0.0599. The summed E-state index contributed by atoms with van der Waals surface area (Å²) in [4.78, 5) is 24.6. The number of amides is 1. The number of ether oxygens (including phenoxy) is 1. The van der Waals surface area contributed by atoms with Crippen LogP contribution >= 0.6 is 0 Å². The van der Waals surface area contributed by atoms with Crippen LogP contribution in [0.25, 0.3) is 0 Å². The quantitative estimate of drug-likeness (QED) is 0.0320. The van der Waals surface area contributed by atoms with Crippen LogP contribution in [0, 0.1) is 0 Å². The molecular formula is C72H137NO5. The molecule has 0 aromatic rings. The Kier molecular flexibility index (Phi) is 65.9. The molecule has 6 nitrogen and oxygen atoms in total. The largest absolute Gasteiger partial charge is 0.466 e. The van der Waals surface area contributed by atoms with Crippen molar-refractivity contribution in [3.8, 4) is 0 Å². The Labute approximate surface area is 487 Å². The molecule has 78 heavy (non-hydrogen) atoms. The molecule has 0 rings (SSSR count). The number of carbonyl (C=O) groups excluding carboxylic acids is 2. The van der Waals surface area contributed by atoms with Crippen molar-refractivity contribution in [1.29, 1.82) is 0 Å². The molecule has 0 saturated heterocycles. The Morgan fingerprint density at radius 1 is 0.346 bits per heavy atom. The lowest BCUT2D eigenvalue weighted by atomic mass is 10.0. The smallest absolute Gasteiger partial charge is 0.305 e. The summed E-state index contributed by atoms with van der Waals surface area (Å²) < 4.78 is 5.50. The van der Waals surface area contributed by atoms with Crippen LogP contribution in [-0.2, 0) is 14.3 Å². The number of aliphatic hydroxyl groups is 2. The average Bonchev–Trinajstić information content (AvgIpc) is 3.44. The van der Waals surface area contributed by atoms with Gasteiger partial charge in [-0.15, -0.1) is 0 Å². The molecule has 0 aliphatic rings. The molecule has 0 heterocycles.